The highest BCUT2D eigenvalue weighted by molar-refractivity contribution is 5.89. The smallest absolute Gasteiger partial charge is 0.337 e. The number of carboxylic acids is 1. The third-order valence-corrected chi connectivity index (χ3v) is 4.38. The maximum atomic E-state index is 11.5. The number of pyridine rings is 1. The van der Waals surface area contributed by atoms with Gasteiger partial charge in [-0.15, -0.1) is 0 Å². The number of carboxylic acid groups (broad SMARTS) is 1. The molecule has 1 N–H and O–H groups in total. The molecule has 1 aromatic heterocycles. The van der Waals surface area contributed by atoms with E-state index < -0.39 is 5.97 Å². The number of aromatic carboxylic acids is 1. The van der Waals surface area contributed by atoms with Crippen LogP contribution in [0.15, 0.2) is 12.3 Å². The van der Waals surface area contributed by atoms with Crippen LogP contribution in [0.25, 0.3) is 0 Å². The molecule has 0 bridgehead atoms. The van der Waals surface area contributed by atoms with Gasteiger partial charge in [0.25, 0.3) is 0 Å². The highest BCUT2D eigenvalue weighted by Gasteiger charge is 2.27. The monoisotopic (exact) mass is 291 g/mol. The first-order valence-corrected chi connectivity index (χ1v) is 7.59. The average Bonchev–Trinajstić information content (AvgIpc) is 2.45. The Bertz CT molecular complexity index is 511. The van der Waals surface area contributed by atoms with Crippen molar-refractivity contribution in [3.63, 3.8) is 0 Å². The van der Waals surface area contributed by atoms with E-state index in [9.17, 15) is 9.90 Å². The van der Waals surface area contributed by atoms with Gasteiger partial charge in [-0.25, -0.2) is 4.79 Å². The van der Waals surface area contributed by atoms with E-state index >= 15 is 0 Å². The third-order valence-electron chi connectivity index (χ3n) is 4.38. The second-order valence-corrected chi connectivity index (χ2v) is 6.92. The van der Waals surface area contributed by atoms with Crippen molar-refractivity contribution in [1.29, 1.82) is 0 Å². The van der Waals surface area contributed by atoms with Crippen LogP contribution in [0.4, 0.5) is 0 Å². The molecule has 1 saturated carbocycles. The zero-order chi connectivity index (χ0) is 15.6. The Kier molecular flexibility index (Phi) is 4.67. The van der Waals surface area contributed by atoms with Crippen LogP contribution < -0.4 is 0 Å². The lowest BCUT2D eigenvalue weighted by Crippen LogP contribution is -2.22. The minimum atomic E-state index is -0.883. The van der Waals surface area contributed by atoms with Crippen LogP contribution in [0.2, 0.25) is 0 Å². The molecule has 0 saturated heterocycles. The van der Waals surface area contributed by atoms with E-state index in [4.69, 9.17) is 4.74 Å². The van der Waals surface area contributed by atoms with E-state index in [1.807, 2.05) is 6.07 Å². The molecule has 0 spiro atoms. The highest BCUT2D eigenvalue weighted by atomic mass is 16.5. The Morgan fingerprint density at radius 1 is 1.29 bits per heavy atom. The molecule has 1 heterocycles. The minimum absolute atomic E-state index is 0.0739. The van der Waals surface area contributed by atoms with E-state index in [-0.39, 0.29) is 5.41 Å². The summed E-state index contributed by atoms with van der Waals surface area (Å²) < 4.78 is 5.40. The molecule has 0 unspecified atom stereocenters. The number of carbonyl (C=O) groups is 1. The van der Waals surface area contributed by atoms with Gasteiger partial charge in [0.05, 0.1) is 11.7 Å². The molecule has 4 heteroatoms. The van der Waals surface area contributed by atoms with Crippen LogP contribution in [0, 0.1) is 0 Å². The van der Waals surface area contributed by atoms with Gasteiger partial charge in [0.2, 0.25) is 0 Å². The van der Waals surface area contributed by atoms with Crippen molar-refractivity contribution in [3.8, 4) is 0 Å². The predicted octanol–water partition coefficient (Wildman–Crippen LogP) is 3.75. The van der Waals surface area contributed by atoms with E-state index in [0.717, 1.165) is 36.9 Å². The Morgan fingerprint density at radius 2 is 1.90 bits per heavy atom. The zero-order valence-electron chi connectivity index (χ0n) is 13.3. The Balaban J connectivity index is 2.33. The lowest BCUT2D eigenvalue weighted by molar-refractivity contribution is 0.0647. The molecule has 2 rings (SSSR count). The molecule has 1 fully saturated rings. The molecule has 0 radical (unpaired) electrons. The zero-order valence-corrected chi connectivity index (χ0v) is 13.3. The van der Waals surface area contributed by atoms with Crippen LogP contribution in [-0.4, -0.2) is 29.3 Å². The minimum Gasteiger partial charge on any atom is -0.478 e. The molecule has 0 aromatic carbocycles. The molecule has 4 nitrogen and oxygen atoms in total. The summed E-state index contributed by atoms with van der Waals surface area (Å²) in [5, 5.41) is 9.42. The largest absolute Gasteiger partial charge is 0.478 e. The number of aromatic nitrogens is 1. The second kappa shape index (κ2) is 6.14. The summed E-state index contributed by atoms with van der Waals surface area (Å²) in [5.41, 5.74) is 2.17. The molecule has 116 valence electrons. The summed E-state index contributed by atoms with van der Waals surface area (Å²) in [7, 11) is 1.75. The summed E-state index contributed by atoms with van der Waals surface area (Å²) >= 11 is 0. The van der Waals surface area contributed by atoms with Crippen LogP contribution in [-0.2, 0) is 10.2 Å². The lowest BCUT2D eigenvalue weighted by atomic mass is 9.79. The maximum Gasteiger partial charge on any atom is 0.337 e. The fourth-order valence-corrected chi connectivity index (χ4v) is 3.01. The van der Waals surface area contributed by atoms with Gasteiger partial charge in [-0.2, -0.15) is 0 Å². The van der Waals surface area contributed by atoms with Crippen LogP contribution in [0.1, 0.15) is 74.0 Å². The number of rotatable bonds is 3. The molecule has 0 aliphatic heterocycles. The highest BCUT2D eigenvalue weighted by Crippen LogP contribution is 2.36. The molecule has 1 aliphatic carbocycles. The summed E-state index contributed by atoms with van der Waals surface area (Å²) in [6, 6.07) is 2.00. The third kappa shape index (κ3) is 3.62. The van der Waals surface area contributed by atoms with Gasteiger partial charge in [-0.3, -0.25) is 4.98 Å². The topological polar surface area (TPSA) is 59.4 Å². The number of ether oxygens (including phenoxy) is 1. The van der Waals surface area contributed by atoms with Crippen molar-refractivity contribution in [2.75, 3.05) is 7.11 Å². The molecule has 0 amide bonds. The van der Waals surface area contributed by atoms with E-state index in [1.54, 1.807) is 7.11 Å². The van der Waals surface area contributed by atoms with Gasteiger partial charge in [0.15, 0.2) is 0 Å². The van der Waals surface area contributed by atoms with E-state index in [2.05, 4.69) is 25.8 Å². The van der Waals surface area contributed by atoms with Crippen LogP contribution in [0.5, 0.6) is 0 Å². The first-order chi connectivity index (χ1) is 9.82. The number of methoxy groups -OCH3 is 1. The molecule has 21 heavy (non-hydrogen) atoms. The number of nitrogens with zero attached hydrogens (tertiary/aromatic N) is 1. The van der Waals surface area contributed by atoms with Gasteiger partial charge in [0, 0.05) is 24.4 Å². The molecule has 1 aromatic rings. The summed E-state index contributed by atoms with van der Waals surface area (Å²) in [4.78, 5) is 15.8. The van der Waals surface area contributed by atoms with Crippen molar-refractivity contribution >= 4 is 5.97 Å². The normalized spacial score (nSPS) is 23.0. The van der Waals surface area contributed by atoms with Gasteiger partial charge in [-0.1, -0.05) is 20.8 Å². The van der Waals surface area contributed by atoms with Crippen molar-refractivity contribution in [1.82, 2.24) is 4.98 Å². The standard InChI is InChI=1S/C17H25NO3/c1-17(2,3)15-9-13(14(10-18-15)16(19)20)11-5-7-12(21-4)8-6-11/h9-12H,5-8H2,1-4H3,(H,19,20). The Hall–Kier alpha value is -1.42. The average molecular weight is 291 g/mol. The summed E-state index contributed by atoms with van der Waals surface area (Å²) in [6.45, 7) is 6.30. The second-order valence-electron chi connectivity index (χ2n) is 6.92. The summed E-state index contributed by atoms with van der Waals surface area (Å²) in [5.74, 6) is -0.585. The van der Waals surface area contributed by atoms with Crippen molar-refractivity contribution in [2.24, 2.45) is 0 Å². The molecular weight excluding hydrogens is 266 g/mol. The van der Waals surface area contributed by atoms with Gasteiger partial charge in [0.1, 0.15) is 0 Å². The number of hydrogen-bond acceptors (Lipinski definition) is 3. The van der Waals surface area contributed by atoms with Crippen LogP contribution in [0.3, 0.4) is 0 Å². The SMILES string of the molecule is COC1CCC(c2cc(C(C)(C)C)ncc2C(=O)O)CC1. The van der Waals surface area contributed by atoms with Crippen molar-refractivity contribution in [3.05, 3.63) is 29.1 Å². The Morgan fingerprint density at radius 3 is 2.38 bits per heavy atom. The Labute approximate surface area is 126 Å². The van der Waals surface area contributed by atoms with Gasteiger partial charge >= 0.3 is 5.97 Å². The quantitative estimate of drug-likeness (QED) is 0.921. The lowest BCUT2D eigenvalue weighted by Gasteiger charge is -2.29. The summed E-state index contributed by atoms with van der Waals surface area (Å²) in [6.07, 6.45) is 5.79. The first kappa shape index (κ1) is 16.0. The molecule has 1 aliphatic rings. The molecule has 0 atom stereocenters. The van der Waals surface area contributed by atoms with E-state index in [0.29, 0.717) is 17.6 Å². The van der Waals surface area contributed by atoms with Crippen molar-refractivity contribution < 1.29 is 14.6 Å². The predicted molar refractivity (Wildman–Crippen MR) is 81.9 cm³/mol. The van der Waals surface area contributed by atoms with Crippen molar-refractivity contribution in [2.45, 2.75) is 63.9 Å². The fraction of sp³-hybridized carbons (Fsp3) is 0.647. The van der Waals surface area contributed by atoms with E-state index in [1.165, 1.54) is 6.20 Å². The van der Waals surface area contributed by atoms with Gasteiger partial charge < -0.3 is 9.84 Å². The fourth-order valence-electron chi connectivity index (χ4n) is 3.01. The molecular formula is C17H25NO3. The maximum absolute atomic E-state index is 11.5. The number of hydrogen-bond donors (Lipinski definition) is 1. The van der Waals surface area contributed by atoms with Crippen LogP contribution >= 0.6 is 0 Å². The van der Waals surface area contributed by atoms with Gasteiger partial charge in [-0.05, 0) is 43.2 Å². The first-order valence-electron chi connectivity index (χ1n) is 7.59.